The number of ether oxygens (including phenoxy) is 1. The van der Waals surface area contributed by atoms with E-state index in [0.717, 1.165) is 22.3 Å². The summed E-state index contributed by atoms with van der Waals surface area (Å²) in [4.78, 5) is 25.3. The zero-order valence-corrected chi connectivity index (χ0v) is 28.3. The van der Waals surface area contributed by atoms with Crippen molar-refractivity contribution in [1.82, 2.24) is 10.9 Å². The summed E-state index contributed by atoms with van der Waals surface area (Å²) in [6, 6.07) is 4.37. The van der Waals surface area contributed by atoms with Crippen molar-refractivity contribution >= 4 is 11.8 Å². The van der Waals surface area contributed by atoms with Crippen LogP contribution in [0.3, 0.4) is 0 Å². The Hall–Kier alpha value is -2.70. The number of benzene rings is 1. The Bertz CT molecular complexity index is 1230. The van der Waals surface area contributed by atoms with Crippen molar-refractivity contribution in [1.29, 1.82) is 0 Å². The SMILES string of the molecule is C\C=C(/C=C(\C(=C\C(C)(C)C)CO)C(C)(C)C)CCC(=O)NNC(=O)CCc1cc(C(C)(C)C)c2c(c1)C(C)(C)OC2. The van der Waals surface area contributed by atoms with Gasteiger partial charge in [-0.25, -0.2) is 0 Å². The standard InChI is InChI=1S/C36H56N2O4/c1-13-24(18-28(34(5,6)7)26(22-39)21-33(2,3)4)14-16-31(40)37-38-32(41)17-15-25-19-29(35(8,9)10)27-23-42-36(11,12)30(27)20-25/h13,18-21,39H,14-17,22-23H2,1-12H3,(H,37,40)(H,38,41)/b24-13-,26-21+,28-18+. The van der Waals surface area contributed by atoms with Gasteiger partial charge < -0.3 is 9.84 Å². The number of aryl methyl sites for hydroxylation is 1. The molecule has 0 saturated carbocycles. The lowest BCUT2D eigenvalue weighted by molar-refractivity contribution is -0.128. The molecule has 0 aliphatic carbocycles. The molecule has 0 spiro atoms. The smallest absolute Gasteiger partial charge is 0.238 e. The molecular formula is C36H56N2O4. The van der Waals surface area contributed by atoms with Gasteiger partial charge in [0, 0.05) is 12.8 Å². The molecule has 1 aromatic carbocycles. The van der Waals surface area contributed by atoms with E-state index in [1.807, 2.05) is 13.0 Å². The van der Waals surface area contributed by atoms with E-state index < -0.39 is 0 Å². The molecule has 0 saturated heterocycles. The molecule has 42 heavy (non-hydrogen) atoms. The lowest BCUT2D eigenvalue weighted by Gasteiger charge is -2.27. The summed E-state index contributed by atoms with van der Waals surface area (Å²) in [5.74, 6) is -0.467. The van der Waals surface area contributed by atoms with Crippen LogP contribution in [0.2, 0.25) is 0 Å². The van der Waals surface area contributed by atoms with Crippen LogP contribution in [0.4, 0.5) is 0 Å². The number of amides is 2. The first-order valence-electron chi connectivity index (χ1n) is 15.3. The second-order valence-electron chi connectivity index (χ2n) is 15.2. The third-order valence-electron chi connectivity index (χ3n) is 7.60. The van der Waals surface area contributed by atoms with Gasteiger partial charge in [0.05, 0.1) is 18.8 Å². The summed E-state index contributed by atoms with van der Waals surface area (Å²) < 4.78 is 6.07. The second-order valence-corrected chi connectivity index (χ2v) is 15.2. The molecule has 6 heteroatoms. The first-order valence-corrected chi connectivity index (χ1v) is 15.3. The molecule has 1 aliphatic heterocycles. The van der Waals surface area contributed by atoms with Gasteiger partial charge in [-0.2, -0.15) is 0 Å². The van der Waals surface area contributed by atoms with E-state index in [4.69, 9.17) is 4.74 Å². The summed E-state index contributed by atoms with van der Waals surface area (Å²) in [5, 5.41) is 10.1. The Morgan fingerprint density at radius 1 is 0.952 bits per heavy atom. The lowest BCUT2D eigenvalue weighted by Crippen LogP contribution is -2.41. The highest BCUT2D eigenvalue weighted by atomic mass is 16.5. The first-order chi connectivity index (χ1) is 19.2. The van der Waals surface area contributed by atoms with Crippen LogP contribution in [0.5, 0.6) is 0 Å². The lowest BCUT2D eigenvalue weighted by atomic mass is 9.78. The molecule has 234 valence electrons. The molecule has 3 N–H and O–H groups in total. The van der Waals surface area contributed by atoms with E-state index in [2.05, 4.69) is 111 Å². The summed E-state index contributed by atoms with van der Waals surface area (Å²) in [6.07, 6.45) is 7.81. The molecule has 2 rings (SSSR count). The molecular weight excluding hydrogens is 524 g/mol. The number of allylic oxidation sites excluding steroid dienone is 4. The number of hydrogen-bond donors (Lipinski definition) is 3. The van der Waals surface area contributed by atoms with Crippen LogP contribution in [0, 0.1) is 10.8 Å². The molecule has 2 amide bonds. The normalized spacial score (nSPS) is 16.4. The fourth-order valence-electron chi connectivity index (χ4n) is 5.36. The second kappa shape index (κ2) is 13.7. The van der Waals surface area contributed by atoms with Crippen LogP contribution in [0.15, 0.2) is 47.1 Å². The minimum atomic E-state index is -0.348. The average Bonchev–Trinajstić information content (AvgIpc) is 3.16. The molecule has 0 aromatic heterocycles. The Balaban J connectivity index is 2.01. The van der Waals surface area contributed by atoms with Crippen LogP contribution in [-0.2, 0) is 38.4 Å². The van der Waals surface area contributed by atoms with Crippen LogP contribution in [0.1, 0.15) is 125 Å². The number of rotatable bonds is 9. The van der Waals surface area contributed by atoms with Gasteiger partial charge in [-0.1, -0.05) is 98.2 Å². The summed E-state index contributed by atoms with van der Waals surface area (Å²) in [5.41, 5.74) is 12.3. The molecule has 1 aliphatic rings. The fraction of sp³-hybridized carbons (Fsp3) is 0.611. The van der Waals surface area contributed by atoms with Gasteiger partial charge in [-0.3, -0.25) is 20.4 Å². The zero-order chi connectivity index (χ0) is 32.1. The Morgan fingerprint density at radius 2 is 1.55 bits per heavy atom. The minimum Gasteiger partial charge on any atom is -0.392 e. The number of hydrazine groups is 1. The zero-order valence-electron chi connectivity index (χ0n) is 28.3. The highest BCUT2D eigenvalue weighted by Crippen LogP contribution is 2.42. The molecule has 1 heterocycles. The van der Waals surface area contributed by atoms with E-state index in [9.17, 15) is 14.7 Å². The van der Waals surface area contributed by atoms with Crippen molar-refractivity contribution in [3.63, 3.8) is 0 Å². The molecule has 0 radical (unpaired) electrons. The van der Waals surface area contributed by atoms with Gasteiger partial charge >= 0.3 is 0 Å². The van der Waals surface area contributed by atoms with Crippen LogP contribution in [-0.4, -0.2) is 23.5 Å². The van der Waals surface area contributed by atoms with Gasteiger partial charge in [0.25, 0.3) is 0 Å². The number of fused-ring (bicyclic) bond motifs is 1. The van der Waals surface area contributed by atoms with Crippen molar-refractivity contribution in [2.45, 2.75) is 126 Å². The molecule has 0 bridgehead atoms. The van der Waals surface area contributed by atoms with E-state index in [1.54, 1.807) is 0 Å². The molecule has 1 aromatic rings. The quantitative estimate of drug-likeness (QED) is 0.209. The number of aliphatic hydroxyl groups excluding tert-OH is 1. The fourth-order valence-corrected chi connectivity index (χ4v) is 5.36. The Labute approximate surface area is 255 Å². The third-order valence-corrected chi connectivity index (χ3v) is 7.60. The first kappa shape index (κ1) is 35.5. The van der Waals surface area contributed by atoms with Gasteiger partial charge in [0.2, 0.25) is 11.8 Å². The number of hydrogen-bond acceptors (Lipinski definition) is 4. The van der Waals surface area contributed by atoms with E-state index in [0.29, 0.717) is 19.4 Å². The van der Waals surface area contributed by atoms with Crippen molar-refractivity contribution in [2.75, 3.05) is 6.61 Å². The summed E-state index contributed by atoms with van der Waals surface area (Å²) in [7, 11) is 0. The molecule has 0 fully saturated rings. The highest BCUT2D eigenvalue weighted by Gasteiger charge is 2.35. The monoisotopic (exact) mass is 580 g/mol. The maximum absolute atomic E-state index is 12.6. The van der Waals surface area contributed by atoms with Gasteiger partial charge in [0.1, 0.15) is 0 Å². The van der Waals surface area contributed by atoms with Gasteiger partial charge in [0.15, 0.2) is 0 Å². The summed E-state index contributed by atoms with van der Waals surface area (Å²) in [6.45, 7) is 26.0. The van der Waals surface area contributed by atoms with Gasteiger partial charge in [-0.05, 0) is 83.3 Å². The minimum absolute atomic E-state index is 0.0305. The van der Waals surface area contributed by atoms with Crippen LogP contribution >= 0.6 is 0 Å². The van der Waals surface area contributed by atoms with Gasteiger partial charge in [-0.15, -0.1) is 0 Å². The van der Waals surface area contributed by atoms with Crippen LogP contribution < -0.4 is 10.9 Å². The predicted octanol–water partition coefficient (Wildman–Crippen LogP) is 7.49. The largest absolute Gasteiger partial charge is 0.392 e. The number of carbonyl (C=O) groups is 2. The van der Waals surface area contributed by atoms with Crippen LogP contribution in [0.25, 0.3) is 0 Å². The number of carbonyl (C=O) groups excluding carboxylic acids is 2. The van der Waals surface area contributed by atoms with E-state index in [1.165, 1.54) is 16.7 Å². The highest BCUT2D eigenvalue weighted by molar-refractivity contribution is 5.82. The van der Waals surface area contributed by atoms with Crippen molar-refractivity contribution in [3.8, 4) is 0 Å². The van der Waals surface area contributed by atoms with E-state index >= 15 is 0 Å². The maximum atomic E-state index is 12.6. The Morgan fingerprint density at radius 3 is 2.05 bits per heavy atom. The topological polar surface area (TPSA) is 87.7 Å². The molecule has 6 nitrogen and oxygen atoms in total. The van der Waals surface area contributed by atoms with Crippen molar-refractivity contribution < 1.29 is 19.4 Å². The Kier molecular flexibility index (Phi) is 11.6. The maximum Gasteiger partial charge on any atom is 0.238 e. The average molecular weight is 581 g/mol. The number of nitrogens with one attached hydrogen (secondary N) is 2. The van der Waals surface area contributed by atoms with E-state index in [-0.39, 0.29) is 53.1 Å². The third kappa shape index (κ3) is 10.2. The molecule has 0 unspecified atom stereocenters. The van der Waals surface area contributed by atoms with Crippen molar-refractivity contribution in [3.05, 3.63) is 69.3 Å². The number of aliphatic hydroxyl groups is 1. The summed E-state index contributed by atoms with van der Waals surface area (Å²) >= 11 is 0. The predicted molar refractivity (Wildman–Crippen MR) is 173 cm³/mol. The molecule has 0 atom stereocenters. The van der Waals surface area contributed by atoms with Crippen molar-refractivity contribution in [2.24, 2.45) is 10.8 Å².